The molecule has 0 atom stereocenters. The molecular formula is C13H13N3O2. The maximum absolute atomic E-state index is 12.0. The van der Waals surface area contributed by atoms with Crippen LogP contribution < -0.4 is 15.8 Å². The molecule has 0 saturated heterocycles. The quantitative estimate of drug-likeness (QED) is 0.807. The van der Waals surface area contributed by atoms with E-state index in [9.17, 15) is 4.79 Å². The van der Waals surface area contributed by atoms with Crippen molar-refractivity contribution in [3.63, 3.8) is 0 Å². The van der Waals surface area contributed by atoms with Gasteiger partial charge in [0, 0.05) is 23.8 Å². The van der Waals surface area contributed by atoms with Crippen molar-refractivity contribution < 1.29 is 9.53 Å². The van der Waals surface area contributed by atoms with Crippen molar-refractivity contribution in [1.82, 2.24) is 4.98 Å². The largest absolute Gasteiger partial charge is 0.497 e. The molecule has 0 aliphatic carbocycles. The number of hydrogen-bond acceptors (Lipinski definition) is 4. The number of ether oxygens (including phenoxy) is 1. The molecule has 0 fully saturated rings. The number of rotatable bonds is 3. The number of carbonyl (C=O) groups excluding carboxylic acids is 1. The van der Waals surface area contributed by atoms with Crippen molar-refractivity contribution in [1.29, 1.82) is 0 Å². The van der Waals surface area contributed by atoms with Gasteiger partial charge < -0.3 is 15.8 Å². The second kappa shape index (κ2) is 5.18. The van der Waals surface area contributed by atoms with Crippen molar-refractivity contribution in [2.75, 3.05) is 18.2 Å². The molecule has 5 heteroatoms. The van der Waals surface area contributed by atoms with Gasteiger partial charge in [-0.15, -0.1) is 0 Å². The first-order valence-electron chi connectivity index (χ1n) is 5.35. The average molecular weight is 243 g/mol. The van der Waals surface area contributed by atoms with E-state index >= 15 is 0 Å². The molecule has 1 amide bonds. The van der Waals surface area contributed by atoms with Crippen LogP contribution in [-0.2, 0) is 0 Å². The van der Waals surface area contributed by atoms with E-state index in [2.05, 4.69) is 10.3 Å². The fraction of sp³-hybridized carbons (Fsp3) is 0.0769. The highest BCUT2D eigenvalue weighted by atomic mass is 16.5. The summed E-state index contributed by atoms with van der Waals surface area (Å²) in [6.07, 6.45) is 3.20. The minimum absolute atomic E-state index is 0.280. The number of methoxy groups -OCH3 is 1. The number of hydrogen-bond donors (Lipinski definition) is 2. The summed E-state index contributed by atoms with van der Waals surface area (Å²) in [5.41, 5.74) is 7.22. The predicted molar refractivity (Wildman–Crippen MR) is 69.6 cm³/mol. The molecule has 0 bridgehead atoms. The van der Waals surface area contributed by atoms with Gasteiger partial charge in [-0.3, -0.25) is 9.78 Å². The molecule has 1 heterocycles. The lowest BCUT2D eigenvalue weighted by Gasteiger charge is -2.08. The van der Waals surface area contributed by atoms with E-state index in [0.717, 1.165) is 0 Å². The van der Waals surface area contributed by atoms with Crippen molar-refractivity contribution >= 4 is 17.3 Å². The predicted octanol–water partition coefficient (Wildman–Crippen LogP) is 1.92. The second-order valence-electron chi connectivity index (χ2n) is 3.64. The SMILES string of the molecule is COc1ccc(N)c(C(=O)Nc2ccncc2)c1. The molecule has 92 valence electrons. The first kappa shape index (κ1) is 11.9. The Hall–Kier alpha value is -2.56. The summed E-state index contributed by atoms with van der Waals surface area (Å²) in [6.45, 7) is 0. The van der Waals surface area contributed by atoms with Gasteiger partial charge in [0.15, 0.2) is 0 Å². The third-order valence-electron chi connectivity index (χ3n) is 2.44. The molecule has 0 saturated carbocycles. The van der Waals surface area contributed by atoms with E-state index in [0.29, 0.717) is 22.7 Å². The summed E-state index contributed by atoms with van der Waals surface area (Å²) < 4.78 is 5.06. The zero-order valence-corrected chi connectivity index (χ0v) is 9.88. The Kier molecular flexibility index (Phi) is 3.43. The molecule has 2 aromatic rings. The molecular weight excluding hydrogens is 230 g/mol. The van der Waals surface area contributed by atoms with Crippen LogP contribution in [0.2, 0.25) is 0 Å². The topological polar surface area (TPSA) is 77.2 Å². The number of nitrogens with zero attached hydrogens (tertiary/aromatic N) is 1. The van der Waals surface area contributed by atoms with Crippen LogP contribution in [0, 0.1) is 0 Å². The molecule has 0 aliphatic heterocycles. The van der Waals surface area contributed by atoms with Crippen LogP contribution in [0.3, 0.4) is 0 Å². The minimum atomic E-state index is -0.280. The van der Waals surface area contributed by atoms with Gasteiger partial charge in [0.25, 0.3) is 5.91 Å². The number of nitrogens with two attached hydrogens (primary N) is 1. The Bertz CT molecular complexity index is 555. The van der Waals surface area contributed by atoms with Gasteiger partial charge in [-0.2, -0.15) is 0 Å². The Morgan fingerprint density at radius 2 is 2.00 bits per heavy atom. The Morgan fingerprint density at radius 3 is 2.67 bits per heavy atom. The molecule has 1 aromatic carbocycles. The monoisotopic (exact) mass is 243 g/mol. The number of benzene rings is 1. The van der Waals surface area contributed by atoms with E-state index in [1.807, 2.05) is 0 Å². The molecule has 0 unspecified atom stereocenters. The van der Waals surface area contributed by atoms with E-state index in [1.54, 1.807) is 42.7 Å². The van der Waals surface area contributed by atoms with Gasteiger partial charge in [0.1, 0.15) is 5.75 Å². The van der Waals surface area contributed by atoms with Crippen LogP contribution in [0.4, 0.5) is 11.4 Å². The van der Waals surface area contributed by atoms with Crippen molar-refractivity contribution in [2.24, 2.45) is 0 Å². The van der Waals surface area contributed by atoms with Crippen LogP contribution in [0.5, 0.6) is 5.75 Å². The zero-order chi connectivity index (χ0) is 13.0. The standard InChI is InChI=1S/C13H13N3O2/c1-18-10-2-3-12(14)11(8-10)13(17)16-9-4-6-15-7-5-9/h2-8H,14H2,1H3,(H,15,16,17). The van der Waals surface area contributed by atoms with E-state index in [1.165, 1.54) is 7.11 Å². The lowest BCUT2D eigenvalue weighted by molar-refractivity contribution is 0.102. The lowest BCUT2D eigenvalue weighted by Crippen LogP contribution is -2.14. The van der Waals surface area contributed by atoms with Crippen LogP contribution >= 0.6 is 0 Å². The minimum Gasteiger partial charge on any atom is -0.497 e. The van der Waals surface area contributed by atoms with Crippen LogP contribution in [-0.4, -0.2) is 18.0 Å². The van der Waals surface area contributed by atoms with Crippen LogP contribution in [0.15, 0.2) is 42.7 Å². The number of pyridine rings is 1. The molecule has 3 N–H and O–H groups in total. The maximum Gasteiger partial charge on any atom is 0.257 e. The first-order chi connectivity index (χ1) is 8.70. The maximum atomic E-state index is 12.0. The Morgan fingerprint density at radius 1 is 1.28 bits per heavy atom. The normalized spacial score (nSPS) is 9.83. The van der Waals surface area contributed by atoms with Crippen LogP contribution in [0.25, 0.3) is 0 Å². The second-order valence-corrected chi connectivity index (χ2v) is 3.64. The van der Waals surface area contributed by atoms with Crippen molar-refractivity contribution in [2.45, 2.75) is 0 Å². The van der Waals surface area contributed by atoms with E-state index in [4.69, 9.17) is 10.5 Å². The van der Waals surface area contributed by atoms with Gasteiger partial charge >= 0.3 is 0 Å². The van der Waals surface area contributed by atoms with Gasteiger partial charge in [0.05, 0.1) is 12.7 Å². The number of aromatic nitrogens is 1. The zero-order valence-electron chi connectivity index (χ0n) is 9.88. The fourth-order valence-electron chi connectivity index (χ4n) is 1.49. The average Bonchev–Trinajstić information content (AvgIpc) is 2.40. The highest BCUT2D eigenvalue weighted by Gasteiger charge is 2.11. The van der Waals surface area contributed by atoms with Gasteiger partial charge in [0.2, 0.25) is 0 Å². The number of nitrogens with one attached hydrogen (secondary N) is 1. The van der Waals surface area contributed by atoms with E-state index < -0.39 is 0 Å². The van der Waals surface area contributed by atoms with Crippen molar-refractivity contribution in [3.8, 4) is 5.75 Å². The molecule has 1 aromatic heterocycles. The highest BCUT2D eigenvalue weighted by molar-refractivity contribution is 6.07. The number of anilines is 2. The Balaban J connectivity index is 2.23. The highest BCUT2D eigenvalue weighted by Crippen LogP contribution is 2.20. The van der Waals surface area contributed by atoms with Gasteiger partial charge in [-0.05, 0) is 30.3 Å². The summed E-state index contributed by atoms with van der Waals surface area (Å²) in [4.78, 5) is 15.9. The molecule has 0 radical (unpaired) electrons. The molecule has 18 heavy (non-hydrogen) atoms. The third-order valence-corrected chi connectivity index (χ3v) is 2.44. The number of amides is 1. The first-order valence-corrected chi connectivity index (χ1v) is 5.35. The number of carbonyl (C=O) groups is 1. The summed E-state index contributed by atoms with van der Waals surface area (Å²) in [5.74, 6) is 0.307. The molecule has 0 spiro atoms. The molecule has 5 nitrogen and oxygen atoms in total. The fourth-order valence-corrected chi connectivity index (χ4v) is 1.49. The van der Waals surface area contributed by atoms with Gasteiger partial charge in [-0.25, -0.2) is 0 Å². The van der Waals surface area contributed by atoms with Crippen LogP contribution in [0.1, 0.15) is 10.4 Å². The molecule has 2 rings (SSSR count). The third kappa shape index (κ3) is 2.57. The summed E-state index contributed by atoms with van der Waals surface area (Å²) in [6, 6.07) is 8.35. The van der Waals surface area contributed by atoms with Gasteiger partial charge in [-0.1, -0.05) is 0 Å². The van der Waals surface area contributed by atoms with E-state index in [-0.39, 0.29) is 5.91 Å². The summed E-state index contributed by atoms with van der Waals surface area (Å²) in [5, 5.41) is 2.74. The van der Waals surface area contributed by atoms with Crippen molar-refractivity contribution in [3.05, 3.63) is 48.3 Å². The summed E-state index contributed by atoms with van der Waals surface area (Å²) >= 11 is 0. The summed E-state index contributed by atoms with van der Waals surface area (Å²) in [7, 11) is 1.54. The lowest BCUT2D eigenvalue weighted by atomic mass is 10.1. The molecule has 0 aliphatic rings. The number of nitrogen functional groups attached to an aromatic ring is 1. The smallest absolute Gasteiger partial charge is 0.257 e. The Labute approximate surface area is 105 Å².